The van der Waals surface area contributed by atoms with Gasteiger partial charge in [0.25, 0.3) is 5.91 Å². The Morgan fingerprint density at radius 2 is 1.75 bits per heavy atom. The quantitative estimate of drug-likeness (QED) is 0.778. The van der Waals surface area contributed by atoms with Crippen LogP contribution in [0.2, 0.25) is 5.02 Å². The largest absolute Gasteiger partial charge is 0.322 e. The first-order valence-electron chi connectivity index (χ1n) is 9.23. The summed E-state index contributed by atoms with van der Waals surface area (Å²) in [6.45, 7) is 4.86. The van der Waals surface area contributed by atoms with Gasteiger partial charge in [0.2, 0.25) is 10.0 Å². The maximum atomic E-state index is 12.4. The predicted octanol–water partition coefficient (Wildman–Crippen LogP) is 3.06. The monoisotopic (exact) mass is 421 g/mol. The average Bonchev–Trinajstić information content (AvgIpc) is 2.69. The summed E-state index contributed by atoms with van der Waals surface area (Å²) in [7, 11) is -3.11. The van der Waals surface area contributed by atoms with E-state index in [2.05, 4.69) is 10.2 Å². The van der Waals surface area contributed by atoms with Crippen molar-refractivity contribution in [2.45, 2.75) is 13.5 Å². The molecule has 1 amide bonds. The lowest BCUT2D eigenvalue weighted by atomic mass is 10.1. The van der Waals surface area contributed by atoms with Crippen molar-refractivity contribution in [3.8, 4) is 0 Å². The highest BCUT2D eigenvalue weighted by Gasteiger charge is 2.25. The van der Waals surface area contributed by atoms with Gasteiger partial charge in [-0.15, -0.1) is 0 Å². The van der Waals surface area contributed by atoms with E-state index in [4.69, 9.17) is 11.6 Å². The van der Waals surface area contributed by atoms with Crippen molar-refractivity contribution >= 4 is 33.2 Å². The smallest absolute Gasteiger partial charge is 0.255 e. The van der Waals surface area contributed by atoms with Crippen molar-refractivity contribution in [1.29, 1.82) is 0 Å². The number of benzene rings is 2. The molecule has 28 heavy (non-hydrogen) atoms. The summed E-state index contributed by atoms with van der Waals surface area (Å²) in [5.41, 5.74) is 2.31. The molecule has 0 spiro atoms. The summed E-state index contributed by atoms with van der Waals surface area (Å²) in [5.74, 6) is -0.0432. The first-order chi connectivity index (χ1) is 13.4. The number of piperazine rings is 1. The van der Waals surface area contributed by atoms with Crippen LogP contribution in [-0.4, -0.2) is 55.5 Å². The van der Waals surface area contributed by atoms with Crippen LogP contribution in [-0.2, 0) is 16.6 Å². The van der Waals surface area contributed by atoms with Gasteiger partial charge in [0.15, 0.2) is 0 Å². The van der Waals surface area contributed by atoms with Gasteiger partial charge in [-0.05, 0) is 42.8 Å². The standard InChI is InChI=1S/C20H24ClN3O3S/c1-2-28(26,27)24-12-10-23(11-13-24)15-16-6-8-17(9-7-16)20(25)22-19-5-3-4-18(21)14-19/h3-9,14H,2,10-13,15H2,1H3,(H,22,25). The molecule has 3 rings (SSSR count). The van der Waals surface area contributed by atoms with Crippen LogP contribution in [0.4, 0.5) is 5.69 Å². The Bertz CT molecular complexity index is 924. The summed E-state index contributed by atoms with van der Waals surface area (Å²) in [5, 5.41) is 3.40. The van der Waals surface area contributed by atoms with Crippen LogP contribution in [0.3, 0.4) is 0 Å². The lowest BCUT2D eigenvalue weighted by molar-refractivity contribution is 0.102. The van der Waals surface area contributed by atoms with Crippen molar-refractivity contribution in [1.82, 2.24) is 9.21 Å². The number of carbonyl (C=O) groups is 1. The Hall–Kier alpha value is -1.93. The van der Waals surface area contributed by atoms with Crippen molar-refractivity contribution < 1.29 is 13.2 Å². The first kappa shape index (κ1) is 20.8. The summed E-state index contributed by atoms with van der Waals surface area (Å²) in [6, 6.07) is 14.5. The maximum absolute atomic E-state index is 12.4. The molecule has 1 fully saturated rings. The fourth-order valence-corrected chi connectivity index (χ4v) is 4.41. The van der Waals surface area contributed by atoms with Gasteiger partial charge >= 0.3 is 0 Å². The molecule has 1 aliphatic heterocycles. The van der Waals surface area contributed by atoms with Crippen molar-refractivity contribution in [2.24, 2.45) is 0 Å². The third-order valence-corrected chi connectivity index (χ3v) is 6.91. The number of rotatable bonds is 6. The van der Waals surface area contributed by atoms with Crippen molar-refractivity contribution in [3.63, 3.8) is 0 Å². The third kappa shape index (κ3) is 5.32. The molecule has 150 valence electrons. The number of halogens is 1. The number of hydrogen-bond donors (Lipinski definition) is 1. The van der Waals surface area contributed by atoms with E-state index in [0.717, 1.165) is 12.1 Å². The van der Waals surface area contributed by atoms with Crippen LogP contribution in [0, 0.1) is 0 Å². The number of nitrogens with zero attached hydrogens (tertiary/aromatic N) is 2. The first-order valence-corrected chi connectivity index (χ1v) is 11.2. The zero-order valence-electron chi connectivity index (χ0n) is 15.8. The van der Waals surface area contributed by atoms with E-state index in [1.54, 1.807) is 47.6 Å². The topological polar surface area (TPSA) is 69.7 Å². The molecule has 0 aliphatic carbocycles. The normalized spacial score (nSPS) is 16.1. The maximum Gasteiger partial charge on any atom is 0.255 e. The highest BCUT2D eigenvalue weighted by Crippen LogP contribution is 2.17. The average molecular weight is 422 g/mol. The van der Waals surface area contributed by atoms with E-state index >= 15 is 0 Å². The molecule has 1 aliphatic rings. The number of amides is 1. The second kappa shape index (κ2) is 9.05. The van der Waals surface area contributed by atoms with E-state index < -0.39 is 10.0 Å². The van der Waals surface area contributed by atoms with Crippen LogP contribution in [0.15, 0.2) is 48.5 Å². The fraction of sp³-hybridized carbons (Fsp3) is 0.350. The minimum absolute atomic E-state index is 0.145. The second-order valence-electron chi connectivity index (χ2n) is 6.74. The van der Waals surface area contributed by atoms with Gasteiger partial charge < -0.3 is 5.32 Å². The van der Waals surface area contributed by atoms with Gasteiger partial charge in [0.05, 0.1) is 5.75 Å². The molecular formula is C20H24ClN3O3S. The summed E-state index contributed by atoms with van der Waals surface area (Å²) < 4.78 is 25.4. The SMILES string of the molecule is CCS(=O)(=O)N1CCN(Cc2ccc(C(=O)Nc3cccc(Cl)c3)cc2)CC1. The van der Waals surface area contributed by atoms with Crippen LogP contribution in [0.5, 0.6) is 0 Å². The van der Waals surface area contributed by atoms with E-state index in [1.807, 2.05) is 12.1 Å². The molecule has 2 aromatic rings. The third-order valence-electron chi connectivity index (χ3n) is 4.79. The number of anilines is 1. The molecule has 1 N–H and O–H groups in total. The Morgan fingerprint density at radius 3 is 2.36 bits per heavy atom. The molecule has 0 bridgehead atoms. The van der Waals surface area contributed by atoms with E-state index in [0.29, 0.717) is 42.5 Å². The van der Waals surface area contributed by atoms with E-state index in [-0.39, 0.29) is 11.7 Å². The number of hydrogen-bond acceptors (Lipinski definition) is 4. The fourth-order valence-electron chi connectivity index (χ4n) is 3.14. The molecule has 0 aromatic heterocycles. The Labute approximate surface area is 171 Å². The van der Waals surface area contributed by atoms with Crippen LogP contribution in [0.25, 0.3) is 0 Å². The van der Waals surface area contributed by atoms with E-state index in [1.165, 1.54) is 0 Å². The highest BCUT2D eigenvalue weighted by molar-refractivity contribution is 7.89. The van der Waals surface area contributed by atoms with Crippen molar-refractivity contribution in [3.05, 3.63) is 64.7 Å². The Morgan fingerprint density at radius 1 is 1.07 bits per heavy atom. The Balaban J connectivity index is 1.54. The number of nitrogens with one attached hydrogen (secondary N) is 1. The van der Waals surface area contributed by atoms with Crippen LogP contribution in [0.1, 0.15) is 22.8 Å². The van der Waals surface area contributed by atoms with E-state index in [9.17, 15) is 13.2 Å². The van der Waals surface area contributed by atoms with Gasteiger partial charge in [-0.3, -0.25) is 9.69 Å². The summed E-state index contributed by atoms with van der Waals surface area (Å²) in [6.07, 6.45) is 0. The summed E-state index contributed by atoms with van der Waals surface area (Å²) in [4.78, 5) is 14.6. The molecule has 8 heteroatoms. The number of sulfonamides is 1. The molecule has 1 heterocycles. The molecule has 0 radical (unpaired) electrons. The molecule has 0 saturated carbocycles. The molecule has 6 nitrogen and oxygen atoms in total. The second-order valence-corrected chi connectivity index (χ2v) is 9.43. The van der Waals surface area contributed by atoms with Gasteiger partial charge in [-0.25, -0.2) is 8.42 Å². The van der Waals surface area contributed by atoms with Gasteiger partial charge in [0, 0.05) is 49.0 Å². The minimum Gasteiger partial charge on any atom is -0.322 e. The predicted molar refractivity (Wildman–Crippen MR) is 112 cm³/mol. The zero-order chi connectivity index (χ0) is 20.1. The molecule has 0 unspecified atom stereocenters. The minimum atomic E-state index is -3.11. The lowest BCUT2D eigenvalue weighted by Gasteiger charge is -2.33. The molecule has 1 saturated heterocycles. The van der Waals surface area contributed by atoms with Gasteiger partial charge in [-0.1, -0.05) is 29.8 Å². The van der Waals surface area contributed by atoms with Gasteiger partial charge in [0.1, 0.15) is 0 Å². The van der Waals surface area contributed by atoms with Gasteiger partial charge in [-0.2, -0.15) is 4.31 Å². The van der Waals surface area contributed by atoms with Crippen LogP contribution >= 0.6 is 11.6 Å². The molecular weight excluding hydrogens is 398 g/mol. The Kier molecular flexibility index (Phi) is 6.72. The molecule has 2 aromatic carbocycles. The van der Waals surface area contributed by atoms with Crippen molar-refractivity contribution in [2.75, 3.05) is 37.2 Å². The lowest BCUT2D eigenvalue weighted by Crippen LogP contribution is -2.48. The summed E-state index contributed by atoms with van der Waals surface area (Å²) >= 11 is 5.94. The molecule has 0 atom stereocenters. The highest BCUT2D eigenvalue weighted by atomic mass is 35.5. The zero-order valence-corrected chi connectivity index (χ0v) is 17.3. The number of carbonyl (C=O) groups excluding carboxylic acids is 1. The van der Waals surface area contributed by atoms with Crippen LogP contribution < -0.4 is 5.32 Å².